The van der Waals surface area contributed by atoms with Gasteiger partial charge in [-0.05, 0) is 29.3 Å². The van der Waals surface area contributed by atoms with Crippen molar-refractivity contribution in [2.24, 2.45) is 0 Å². The van der Waals surface area contributed by atoms with Crippen LogP contribution in [0.3, 0.4) is 0 Å². The molecule has 1 heterocycles. The molecule has 3 N–H and O–H groups in total. The van der Waals surface area contributed by atoms with Crippen LogP contribution < -0.4 is 15.4 Å². The number of hydrogen-bond donors (Lipinski definition) is 3. The van der Waals surface area contributed by atoms with Crippen LogP contribution in [0.2, 0.25) is 0 Å². The van der Waals surface area contributed by atoms with E-state index in [9.17, 15) is 23.1 Å². The number of urea groups is 1. The zero-order valence-corrected chi connectivity index (χ0v) is 15.6. The second-order valence-electron chi connectivity index (χ2n) is 7.56. The number of fused-ring (bicyclic) bond motifs is 2. The summed E-state index contributed by atoms with van der Waals surface area (Å²) in [5.41, 5.74) is 0.327. The van der Waals surface area contributed by atoms with Crippen LogP contribution in [0.15, 0.2) is 36.4 Å². The fraction of sp³-hybridized carbons (Fsp3) is 0.381. The maximum Gasteiger partial charge on any atom is 0.319 e. The molecule has 4 rings (SSSR count). The smallest absolute Gasteiger partial charge is 0.319 e. The Morgan fingerprint density at radius 3 is 2.62 bits per heavy atom. The van der Waals surface area contributed by atoms with Crippen LogP contribution >= 0.6 is 0 Å². The molecule has 1 aliphatic carbocycles. The molecule has 0 saturated heterocycles. The number of halogens is 3. The fourth-order valence-corrected chi connectivity index (χ4v) is 4.04. The molecular weight excluding hydrogens is 385 g/mol. The highest BCUT2D eigenvalue weighted by Crippen LogP contribution is 2.40. The number of alkyl halides is 2. The molecule has 2 aromatic rings. The maximum absolute atomic E-state index is 14.0. The zero-order valence-electron chi connectivity index (χ0n) is 15.6. The van der Waals surface area contributed by atoms with Crippen molar-refractivity contribution in [3.8, 4) is 5.75 Å². The first-order chi connectivity index (χ1) is 13.9. The number of para-hydroxylation sites is 1. The molecule has 1 aliphatic heterocycles. The summed E-state index contributed by atoms with van der Waals surface area (Å²) in [5.74, 6) is -0.0957. The van der Waals surface area contributed by atoms with Gasteiger partial charge in [0, 0.05) is 30.5 Å². The van der Waals surface area contributed by atoms with E-state index in [0.717, 1.165) is 0 Å². The SMILES string of the molecule is O=C(Nc1ccc(F)c2c1C[C@H](O)C2)N[C@@H]1CC(CF)(CF)Oc2ccccc21. The quantitative estimate of drug-likeness (QED) is 0.727. The summed E-state index contributed by atoms with van der Waals surface area (Å²) in [7, 11) is 0. The van der Waals surface area contributed by atoms with Crippen molar-refractivity contribution in [1.29, 1.82) is 0 Å². The summed E-state index contributed by atoms with van der Waals surface area (Å²) in [6, 6.07) is 8.21. The Bertz CT molecular complexity index is 933. The molecule has 0 radical (unpaired) electrons. The van der Waals surface area contributed by atoms with E-state index in [1.54, 1.807) is 24.3 Å². The van der Waals surface area contributed by atoms with Crippen molar-refractivity contribution < 1.29 is 27.8 Å². The molecule has 0 spiro atoms. The lowest BCUT2D eigenvalue weighted by Gasteiger charge is -2.39. The van der Waals surface area contributed by atoms with Crippen LogP contribution in [0.25, 0.3) is 0 Å². The summed E-state index contributed by atoms with van der Waals surface area (Å²) in [4.78, 5) is 12.6. The highest BCUT2D eigenvalue weighted by molar-refractivity contribution is 5.91. The first kappa shape index (κ1) is 19.6. The Hall–Kier alpha value is -2.74. The molecular formula is C21H21F3N2O3. The summed E-state index contributed by atoms with van der Waals surface area (Å²) in [5, 5.41) is 15.3. The van der Waals surface area contributed by atoms with Gasteiger partial charge in [0.25, 0.3) is 0 Å². The standard InChI is InChI=1S/C21H21F3N2O3/c22-10-21(11-23)9-18(13-3-1-2-4-19(13)29-21)26-20(28)25-17-6-5-16(24)14-7-12(27)8-15(14)17/h1-6,12,18,27H,7-11H2,(H2,25,26,28)/t12-,18-/m1/s1. The lowest BCUT2D eigenvalue weighted by Crippen LogP contribution is -2.49. The molecule has 5 nitrogen and oxygen atoms in total. The molecule has 2 atom stereocenters. The normalized spacial score (nSPS) is 21.7. The van der Waals surface area contributed by atoms with E-state index >= 15 is 0 Å². The first-order valence-corrected chi connectivity index (χ1v) is 9.40. The van der Waals surface area contributed by atoms with Crippen LogP contribution in [0, 0.1) is 5.82 Å². The lowest BCUT2D eigenvalue weighted by molar-refractivity contribution is -0.0105. The Balaban J connectivity index is 1.55. The number of anilines is 1. The monoisotopic (exact) mass is 406 g/mol. The van der Waals surface area contributed by atoms with E-state index in [-0.39, 0.29) is 19.3 Å². The van der Waals surface area contributed by atoms with Crippen LogP contribution in [-0.4, -0.2) is 36.2 Å². The van der Waals surface area contributed by atoms with Gasteiger partial charge in [0.1, 0.15) is 24.9 Å². The van der Waals surface area contributed by atoms with Crippen molar-refractivity contribution in [1.82, 2.24) is 5.32 Å². The third kappa shape index (κ3) is 3.64. The second-order valence-corrected chi connectivity index (χ2v) is 7.56. The van der Waals surface area contributed by atoms with E-state index in [4.69, 9.17) is 4.74 Å². The summed E-state index contributed by atoms with van der Waals surface area (Å²) in [6.45, 7) is -2.05. The summed E-state index contributed by atoms with van der Waals surface area (Å²) >= 11 is 0. The number of carbonyl (C=O) groups excluding carboxylic acids is 1. The third-order valence-corrected chi connectivity index (χ3v) is 5.49. The summed E-state index contributed by atoms with van der Waals surface area (Å²) < 4.78 is 46.6. The number of ether oxygens (including phenoxy) is 1. The Morgan fingerprint density at radius 1 is 1.14 bits per heavy atom. The Kier molecular flexibility index (Phi) is 5.12. The first-order valence-electron chi connectivity index (χ1n) is 9.40. The van der Waals surface area contributed by atoms with Gasteiger partial charge >= 0.3 is 6.03 Å². The molecule has 2 amide bonds. The van der Waals surface area contributed by atoms with Gasteiger partial charge in [0.2, 0.25) is 0 Å². The molecule has 0 bridgehead atoms. The Labute approximate surface area is 165 Å². The van der Waals surface area contributed by atoms with Gasteiger partial charge in [-0.1, -0.05) is 18.2 Å². The van der Waals surface area contributed by atoms with Gasteiger partial charge in [-0.3, -0.25) is 0 Å². The van der Waals surface area contributed by atoms with Crippen LogP contribution in [0.1, 0.15) is 29.2 Å². The van der Waals surface area contributed by atoms with Crippen molar-refractivity contribution in [3.05, 3.63) is 58.9 Å². The average molecular weight is 406 g/mol. The van der Waals surface area contributed by atoms with Gasteiger partial charge in [-0.25, -0.2) is 18.0 Å². The Morgan fingerprint density at radius 2 is 1.86 bits per heavy atom. The predicted octanol–water partition coefficient (Wildman–Crippen LogP) is 3.61. The number of carbonyl (C=O) groups is 1. The van der Waals surface area contributed by atoms with Crippen molar-refractivity contribution in [2.75, 3.05) is 18.7 Å². The highest BCUT2D eigenvalue weighted by atomic mass is 19.1. The molecule has 2 aliphatic rings. The van der Waals surface area contributed by atoms with Crippen molar-refractivity contribution >= 4 is 11.7 Å². The number of hydrogen-bond acceptors (Lipinski definition) is 3. The highest BCUT2D eigenvalue weighted by Gasteiger charge is 2.42. The maximum atomic E-state index is 14.0. The van der Waals surface area contributed by atoms with Crippen molar-refractivity contribution in [2.45, 2.75) is 37.0 Å². The van der Waals surface area contributed by atoms with Gasteiger partial charge in [-0.15, -0.1) is 0 Å². The van der Waals surface area contributed by atoms with E-state index < -0.39 is 42.9 Å². The van der Waals surface area contributed by atoms with E-state index in [1.807, 2.05) is 0 Å². The van der Waals surface area contributed by atoms with Gasteiger partial charge in [0.15, 0.2) is 5.60 Å². The molecule has 0 unspecified atom stereocenters. The number of aliphatic hydroxyl groups excluding tert-OH is 1. The minimum Gasteiger partial charge on any atom is -0.481 e. The van der Waals surface area contributed by atoms with Crippen molar-refractivity contribution in [3.63, 3.8) is 0 Å². The van der Waals surface area contributed by atoms with Crippen LogP contribution in [0.5, 0.6) is 5.75 Å². The minimum atomic E-state index is -1.65. The molecule has 154 valence electrons. The number of benzene rings is 2. The minimum absolute atomic E-state index is 0.0648. The molecule has 0 fully saturated rings. The predicted molar refractivity (Wildman–Crippen MR) is 101 cm³/mol. The van der Waals surface area contributed by atoms with Crippen LogP contribution in [0.4, 0.5) is 23.7 Å². The van der Waals surface area contributed by atoms with Gasteiger partial charge in [0.05, 0.1) is 12.1 Å². The number of amides is 2. The molecule has 0 saturated carbocycles. The topological polar surface area (TPSA) is 70.6 Å². The largest absolute Gasteiger partial charge is 0.481 e. The van der Waals surface area contributed by atoms with Crippen LogP contribution in [-0.2, 0) is 12.8 Å². The molecule has 2 aromatic carbocycles. The van der Waals surface area contributed by atoms with Gasteiger partial charge < -0.3 is 20.5 Å². The second kappa shape index (κ2) is 7.59. The van der Waals surface area contributed by atoms with E-state index in [0.29, 0.717) is 28.1 Å². The van der Waals surface area contributed by atoms with E-state index in [2.05, 4.69) is 10.6 Å². The number of aliphatic hydroxyl groups is 1. The lowest BCUT2D eigenvalue weighted by atomic mass is 9.88. The third-order valence-electron chi connectivity index (χ3n) is 5.49. The van der Waals surface area contributed by atoms with Gasteiger partial charge in [-0.2, -0.15) is 0 Å². The molecule has 0 aromatic heterocycles. The number of nitrogens with one attached hydrogen (secondary N) is 2. The fourth-order valence-electron chi connectivity index (χ4n) is 4.04. The van der Waals surface area contributed by atoms with E-state index in [1.165, 1.54) is 12.1 Å². The molecule has 29 heavy (non-hydrogen) atoms. The molecule has 8 heteroatoms. The average Bonchev–Trinajstić information content (AvgIpc) is 3.12. The summed E-state index contributed by atoms with van der Waals surface area (Å²) in [6.07, 6.45) is -0.316. The zero-order chi connectivity index (χ0) is 20.6. The number of rotatable bonds is 4.